The highest BCUT2D eigenvalue weighted by Gasteiger charge is 2.23. The monoisotopic (exact) mass is 327 g/mol. The van der Waals surface area contributed by atoms with Gasteiger partial charge in [0.25, 0.3) is 0 Å². The molecule has 1 aliphatic carbocycles. The number of nitrogens with zero attached hydrogens (tertiary/aromatic N) is 1. The van der Waals surface area contributed by atoms with Gasteiger partial charge >= 0.3 is 6.03 Å². The van der Waals surface area contributed by atoms with Crippen LogP contribution in [-0.2, 0) is 11.2 Å². The van der Waals surface area contributed by atoms with E-state index in [-0.39, 0.29) is 12.1 Å². The van der Waals surface area contributed by atoms with Crippen molar-refractivity contribution in [2.45, 2.75) is 18.9 Å². The molecule has 2 N–H and O–H groups in total. The maximum atomic E-state index is 12.2. The molecule has 0 unspecified atom stereocenters. The number of pyridine rings is 1. The van der Waals surface area contributed by atoms with E-state index in [0.717, 1.165) is 12.8 Å². The Balaban J connectivity index is 1.52. The highest BCUT2D eigenvalue weighted by atomic mass is 16.5. The molecule has 0 saturated heterocycles. The van der Waals surface area contributed by atoms with E-state index >= 15 is 0 Å². The van der Waals surface area contributed by atoms with Gasteiger partial charge in [-0.1, -0.05) is 24.3 Å². The number of aryl methyl sites for hydroxylation is 1. The number of fused-ring (bicyclic) bond motifs is 1. The largest absolute Gasteiger partial charge is 0.475 e. The molecule has 2 amide bonds. The SMILES string of the molecule is COCCOc1ccc(NC(=O)N[C@H]2CCc3ccccc32)cn1. The number of rotatable bonds is 6. The van der Waals surface area contributed by atoms with E-state index in [1.54, 1.807) is 25.4 Å². The summed E-state index contributed by atoms with van der Waals surface area (Å²) in [6, 6.07) is 11.5. The summed E-state index contributed by atoms with van der Waals surface area (Å²) >= 11 is 0. The molecule has 1 heterocycles. The van der Waals surface area contributed by atoms with Crippen LogP contribution in [0.2, 0.25) is 0 Å². The van der Waals surface area contributed by atoms with Crippen molar-refractivity contribution in [2.75, 3.05) is 25.6 Å². The number of hydrogen-bond acceptors (Lipinski definition) is 4. The Morgan fingerprint density at radius 2 is 2.12 bits per heavy atom. The number of carbonyl (C=O) groups excluding carboxylic acids is 1. The molecule has 0 bridgehead atoms. The van der Waals surface area contributed by atoms with Crippen LogP contribution in [0.25, 0.3) is 0 Å². The van der Waals surface area contributed by atoms with Gasteiger partial charge in [-0.15, -0.1) is 0 Å². The van der Waals surface area contributed by atoms with E-state index in [9.17, 15) is 4.79 Å². The highest BCUT2D eigenvalue weighted by Crippen LogP contribution is 2.30. The predicted octanol–water partition coefficient (Wildman–Crippen LogP) is 2.92. The molecule has 24 heavy (non-hydrogen) atoms. The molecule has 0 aliphatic heterocycles. The minimum atomic E-state index is -0.230. The first-order valence-corrected chi connectivity index (χ1v) is 7.99. The number of aromatic nitrogens is 1. The van der Waals surface area contributed by atoms with Gasteiger partial charge in [-0.2, -0.15) is 0 Å². The smallest absolute Gasteiger partial charge is 0.319 e. The lowest BCUT2D eigenvalue weighted by Gasteiger charge is -2.15. The zero-order valence-electron chi connectivity index (χ0n) is 13.6. The summed E-state index contributed by atoms with van der Waals surface area (Å²) in [6.45, 7) is 0.949. The topological polar surface area (TPSA) is 72.5 Å². The molecular formula is C18H21N3O3. The van der Waals surface area contributed by atoms with Crippen molar-refractivity contribution >= 4 is 11.7 Å². The van der Waals surface area contributed by atoms with E-state index in [4.69, 9.17) is 9.47 Å². The molecule has 0 fully saturated rings. The first-order chi connectivity index (χ1) is 11.8. The quantitative estimate of drug-likeness (QED) is 0.800. The number of carbonyl (C=O) groups is 1. The molecule has 3 rings (SSSR count). The Kier molecular flexibility index (Phi) is 5.28. The molecule has 1 aromatic carbocycles. The normalized spacial score (nSPS) is 15.6. The average Bonchev–Trinajstić information content (AvgIpc) is 3.00. The van der Waals surface area contributed by atoms with Crippen molar-refractivity contribution < 1.29 is 14.3 Å². The zero-order valence-corrected chi connectivity index (χ0v) is 13.6. The minimum Gasteiger partial charge on any atom is -0.475 e. The van der Waals surface area contributed by atoms with Crippen LogP contribution in [-0.4, -0.2) is 31.3 Å². The van der Waals surface area contributed by atoms with Gasteiger partial charge in [-0.05, 0) is 30.0 Å². The fourth-order valence-corrected chi connectivity index (χ4v) is 2.80. The summed E-state index contributed by atoms with van der Waals surface area (Å²) in [4.78, 5) is 16.3. The third kappa shape index (κ3) is 4.02. The Bertz CT molecular complexity index is 688. The lowest BCUT2D eigenvalue weighted by Crippen LogP contribution is -2.31. The van der Waals surface area contributed by atoms with Crippen LogP contribution in [0.1, 0.15) is 23.6 Å². The number of amides is 2. The number of urea groups is 1. The van der Waals surface area contributed by atoms with E-state index in [1.807, 2.05) is 12.1 Å². The van der Waals surface area contributed by atoms with Gasteiger partial charge in [-0.25, -0.2) is 9.78 Å². The Morgan fingerprint density at radius 3 is 2.92 bits per heavy atom. The van der Waals surface area contributed by atoms with Crippen LogP contribution in [0.3, 0.4) is 0 Å². The molecule has 0 saturated carbocycles. The molecule has 1 atom stereocenters. The standard InChI is InChI=1S/C18H21N3O3/c1-23-10-11-24-17-9-7-14(12-19-17)20-18(22)21-16-8-6-13-4-2-3-5-15(13)16/h2-5,7,9,12,16H,6,8,10-11H2,1H3,(H2,20,21,22)/t16-/m0/s1. The molecule has 126 valence electrons. The van der Waals surface area contributed by atoms with Gasteiger partial charge < -0.3 is 20.1 Å². The van der Waals surface area contributed by atoms with Crippen LogP contribution >= 0.6 is 0 Å². The number of methoxy groups -OCH3 is 1. The van der Waals surface area contributed by atoms with Gasteiger partial charge in [0, 0.05) is 13.2 Å². The molecule has 1 aromatic heterocycles. The second-order valence-electron chi connectivity index (χ2n) is 5.61. The molecule has 0 radical (unpaired) electrons. The fourth-order valence-electron chi connectivity index (χ4n) is 2.80. The lowest BCUT2D eigenvalue weighted by atomic mass is 10.1. The molecule has 2 aromatic rings. The maximum Gasteiger partial charge on any atom is 0.319 e. The lowest BCUT2D eigenvalue weighted by molar-refractivity contribution is 0.144. The molecule has 6 heteroatoms. The molecular weight excluding hydrogens is 306 g/mol. The third-order valence-electron chi connectivity index (χ3n) is 3.97. The van der Waals surface area contributed by atoms with Gasteiger partial charge in [-0.3, -0.25) is 0 Å². The predicted molar refractivity (Wildman–Crippen MR) is 91.3 cm³/mol. The highest BCUT2D eigenvalue weighted by molar-refractivity contribution is 5.89. The number of hydrogen-bond donors (Lipinski definition) is 2. The van der Waals surface area contributed by atoms with Crippen LogP contribution in [0, 0.1) is 0 Å². The van der Waals surface area contributed by atoms with Crippen molar-refractivity contribution in [3.8, 4) is 5.88 Å². The summed E-state index contributed by atoms with van der Waals surface area (Å²) in [6.07, 6.45) is 3.50. The summed E-state index contributed by atoms with van der Waals surface area (Å²) in [5.74, 6) is 0.503. The van der Waals surface area contributed by atoms with E-state index < -0.39 is 0 Å². The van der Waals surface area contributed by atoms with E-state index in [2.05, 4.69) is 27.8 Å². The van der Waals surface area contributed by atoms with Gasteiger partial charge in [0.15, 0.2) is 0 Å². The van der Waals surface area contributed by atoms with Gasteiger partial charge in [0.05, 0.1) is 24.5 Å². The number of ether oxygens (including phenoxy) is 2. The summed E-state index contributed by atoms with van der Waals surface area (Å²) in [7, 11) is 1.62. The first-order valence-electron chi connectivity index (χ1n) is 7.99. The van der Waals surface area contributed by atoms with Crippen molar-refractivity contribution in [1.29, 1.82) is 0 Å². The zero-order chi connectivity index (χ0) is 16.8. The van der Waals surface area contributed by atoms with Crippen LogP contribution in [0.5, 0.6) is 5.88 Å². The minimum absolute atomic E-state index is 0.0609. The maximum absolute atomic E-state index is 12.2. The second kappa shape index (κ2) is 7.79. The first kappa shape index (κ1) is 16.3. The average molecular weight is 327 g/mol. The number of nitrogens with one attached hydrogen (secondary N) is 2. The number of benzene rings is 1. The van der Waals surface area contributed by atoms with Crippen LogP contribution in [0.15, 0.2) is 42.6 Å². The Morgan fingerprint density at radius 1 is 1.25 bits per heavy atom. The van der Waals surface area contributed by atoms with Crippen molar-refractivity contribution in [1.82, 2.24) is 10.3 Å². The second-order valence-corrected chi connectivity index (χ2v) is 5.61. The van der Waals surface area contributed by atoms with E-state index in [1.165, 1.54) is 11.1 Å². The fraction of sp³-hybridized carbons (Fsp3) is 0.333. The summed E-state index contributed by atoms with van der Waals surface area (Å²) in [5, 5.41) is 5.82. The third-order valence-corrected chi connectivity index (χ3v) is 3.97. The van der Waals surface area contributed by atoms with Gasteiger partial charge in [0.1, 0.15) is 6.61 Å². The molecule has 1 aliphatic rings. The Labute approximate surface area is 141 Å². The molecule has 6 nitrogen and oxygen atoms in total. The number of anilines is 1. The van der Waals surface area contributed by atoms with Crippen LogP contribution < -0.4 is 15.4 Å². The van der Waals surface area contributed by atoms with Crippen LogP contribution in [0.4, 0.5) is 10.5 Å². The molecule has 0 spiro atoms. The van der Waals surface area contributed by atoms with E-state index in [0.29, 0.717) is 24.8 Å². The van der Waals surface area contributed by atoms with Gasteiger partial charge in [0.2, 0.25) is 5.88 Å². The van der Waals surface area contributed by atoms with Crippen molar-refractivity contribution in [3.63, 3.8) is 0 Å². The summed E-state index contributed by atoms with van der Waals surface area (Å²) < 4.78 is 10.3. The van der Waals surface area contributed by atoms with Crippen molar-refractivity contribution in [3.05, 3.63) is 53.7 Å². The summed E-state index contributed by atoms with van der Waals surface area (Å²) in [5.41, 5.74) is 3.13. The Hall–Kier alpha value is -2.60. The van der Waals surface area contributed by atoms with Crippen molar-refractivity contribution in [2.24, 2.45) is 0 Å².